The number of hydrogen-bond acceptors (Lipinski definition) is 5. The number of rotatable bonds is 7. The second-order valence-corrected chi connectivity index (χ2v) is 5.71. The Morgan fingerprint density at radius 3 is 2.52 bits per heavy atom. The number of esters is 1. The third-order valence-electron chi connectivity index (χ3n) is 4.14. The molecule has 1 heterocycles. The fraction of sp³-hybridized carbons (Fsp3) is 0.350. The maximum absolute atomic E-state index is 11.7. The Hall–Kier alpha value is -2.69. The monoisotopic (exact) mass is 342 g/mol. The predicted octanol–water partition coefficient (Wildman–Crippen LogP) is 3.90. The molecule has 1 aliphatic rings. The van der Waals surface area contributed by atoms with Crippen LogP contribution >= 0.6 is 0 Å². The van der Waals surface area contributed by atoms with E-state index in [1.807, 2.05) is 24.3 Å². The average Bonchev–Trinajstić information content (AvgIpc) is 3.09. The Balaban J connectivity index is 1.94. The molecule has 0 fully saturated rings. The molecule has 1 atom stereocenters. The van der Waals surface area contributed by atoms with Gasteiger partial charge in [-0.1, -0.05) is 37.3 Å². The van der Waals surface area contributed by atoms with E-state index in [9.17, 15) is 4.79 Å². The molecule has 0 bridgehead atoms. The van der Waals surface area contributed by atoms with Crippen molar-refractivity contribution in [3.05, 3.63) is 53.6 Å². The van der Waals surface area contributed by atoms with Crippen LogP contribution in [0, 0.1) is 0 Å². The zero-order chi connectivity index (χ0) is 17.6. The minimum atomic E-state index is -0.390. The number of ether oxygens (including phenoxy) is 4. The second kappa shape index (κ2) is 7.92. The molecule has 0 N–H and O–H groups in total. The summed E-state index contributed by atoms with van der Waals surface area (Å²) < 4.78 is 21.7. The summed E-state index contributed by atoms with van der Waals surface area (Å²) in [6, 6.07) is 14.0. The molecule has 3 rings (SSSR count). The van der Waals surface area contributed by atoms with Gasteiger partial charge in [0.25, 0.3) is 0 Å². The molecule has 2 aromatic carbocycles. The van der Waals surface area contributed by atoms with Gasteiger partial charge in [0.1, 0.15) is 5.75 Å². The van der Waals surface area contributed by atoms with Crippen molar-refractivity contribution in [1.82, 2.24) is 0 Å². The van der Waals surface area contributed by atoms with Crippen LogP contribution < -0.4 is 14.2 Å². The number of benzene rings is 2. The van der Waals surface area contributed by atoms with Gasteiger partial charge in [-0.05, 0) is 25.0 Å². The molecular weight excluding hydrogens is 320 g/mol. The first-order chi connectivity index (χ1) is 12.2. The van der Waals surface area contributed by atoms with Crippen LogP contribution in [0.2, 0.25) is 0 Å². The molecule has 132 valence electrons. The summed E-state index contributed by atoms with van der Waals surface area (Å²) in [4.78, 5) is 11.7. The van der Waals surface area contributed by atoms with Crippen molar-refractivity contribution in [2.24, 2.45) is 0 Å². The lowest BCUT2D eigenvalue weighted by Crippen LogP contribution is -2.16. The zero-order valence-electron chi connectivity index (χ0n) is 14.5. The molecular formula is C20H22O5. The second-order valence-electron chi connectivity index (χ2n) is 5.71. The van der Waals surface area contributed by atoms with E-state index in [0.29, 0.717) is 23.9 Å². The van der Waals surface area contributed by atoms with Crippen molar-refractivity contribution >= 4 is 5.97 Å². The highest BCUT2D eigenvalue weighted by molar-refractivity contribution is 5.71. The van der Waals surface area contributed by atoms with Crippen molar-refractivity contribution in [3.8, 4) is 17.2 Å². The Morgan fingerprint density at radius 2 is 1.84 bits per heavy atom. The number of hydrogen-bond donors (Lipinski definition) is 0. The summed E-state index contributed by atoms with van der Waals surface area (Å²) in [5.41, 5.74) is 2.16. The van der Waals surface area contributed by atoms with Gasteiger partial charge in [0.15, 0.2) is 18.1 Å². The molecule has 5 nitrogen and oxygen atoms in total. The van der Waals surface area contributed by atoms with Crippen LogP contribution in [0.4, 0.5) is 0 Å². The average molecular weight is 342 g/mol. The van der Waals surface area contributed by atoms with E-state index in [0.717, 1.165) is 12.0 Å². The Labute approximate surface area is 147 Å². The molecule has 0 saturated heterocycles. The van der Waals surface area contributed by atoms with E-state index < -0.39 is 0 Å². The molecule has 1 aliphatic heterocycles. The minimum Gasteiger partial charge on any atom is -0.481 e. The standard InChI is InChI=1S/C20H22O5/c1-3-15(14-8-6-5-7-9-14)16-10-18-19(25-13-24-18)11-17(16)23-12-20(21)22-4-2/h5-11,15H,3-4,12-13H2,1-2H3. The molecule has 0 saturated carbocycles. The van der Waals surface area contributed by atoms with E-state index in [1.54, 1.807) is 13.0 Å². The van der Waals surface area contributed by atoms with Crippen molar-refractivity contribution in [1.29, 1.82) is 0 Å². The highest BCUT2D eigenvalue weighted by Crippen LogP contribution is 2.43. The molecule has 0 radical (unpaired) electrons. The van der Waals surface area contributed by atoms with Crippen LogP contribution in [0.1, 0.15) is 37.3 Å². The summed E-state index contributed by atoms with van der Waals surface area (Å²) >= 11 is 0. The minimum absolute atomic E-state index is 0.132. The first-order valence-corrected chi connectivity index (χ1v) is 8.49. The van der Waals surface area contributed by atoms with Crippen LogP contribution in [0.15, 0.2) is 42.5 Å². The third-order valence-corrected chi connectivity index (χ3v) is 4.14. The number of fused-ring (bicyclic) bond motifs is 1. The van der Waals surface area contributed by atoms with Crippen LogP contribution in [0.25, 0.3) is 0 Å². The van der Waals surface area contributed by atoms with Crippen molar-refractivity contribution in [3.63, 3.8) is 0 Å². The van der Waals surface area contributed by atoms with Crippen LogP contribution in [-0.2, 0) is 9.53 Å². The van der Waals surface area contributed by atoms with Gasteiger partial charge in [-0.3, -0.25) is 0 Å². The highest BCUT2D eigenvalue weighted by Gasteiger charge is 2.24. The fourth-order valence-corrected chi connectivity index (χ4v) is 3.00. The van der Waals surface area contributed by atoms with Gasteiger partial charge in [0, 0.05) is 17.5 Å². The fourth-order valence-electron chi connectivity index (χ4n) is 3.00. The van der Waals surface area contributed by atoms with Gasteiger partial charge in [0.05, 0.1) is 6.61 Å². The highest BCUT2D eigenvalue weighted by atomic mass is 16.7. The van der Waals surface area contributed by atoms with Gasteiger partial charge in [0.2, 0.25) is 6.79 Å². The van der Waals surface area contributed by atoms with Crippen LogP contribution in [0.5, 0.6) is 17.2 Å². The summed E-state index contributed by atoms with van der Waals surface area (Å²) in [5.74, 6) is 1.69. The normalized spacial score (nSPS) is 13.4. The maximum atomic E-state index is 11.7. The first-order valence-electron chi connectivity index (χ1n) is 8.49. The largest absolute Gasteiger partial charge is 0.481 e. The lowest BCUT2D eigenvalue weighted by atomic mass is 9.88. The quantitative estimate of drug-likeness (QED) is 0.714. The molecule has 1 unspecified atom stereocenters. The van der Waals surface area contributed by atoms with Gasteiger partial charge in [-0.25, -0.2) is 4.79 Å². The predicted molar refractivity (Wildman–Crippen MR) is 93.3 cm³/mol. The molecule has 2 aromatic rings. The molecule has 0 aromatic heterocycles. The summed E-state index contributed by atoms with van der Waals surface area (Å²) in [7, 11) is 0. The topological polar surface area (TPSA) is 54.0 Å². The Kier molecular flexibility index (Phi) is 5.43. The molecule has 0 aliphatic carbocycles. The van der Waals surface area contributed by atoms with Crippen molar-refractivity contribution in [2.75, 3.05) is 20.0 Å². The lowest BCUT2D eigenvalue weighted by molar-refractivity contribution is -0.145. The van der Waals surface area contributed by atoms with Gasteiger partial charge in [-0.15, -0.1) is 0 Å². The molecule has 5 heteroatoms. The zero-order valence-corrected chi connectivity index (χ0v) is 14.5. The van der Waals surface area contributed by atoms with E-state index in [-0.39, 0.29) is 25.3 Å². The summed E-state index contributed by atoms with van der Waals surface area (Å²) in [6.45, 7) is 4.28. The molecule has 0 amide bonds. The third kappa shape index (κ3) is 3.87. The Morgan fingerprint density at radius 1 is 1.12 bits per heavy atom. The van der Waals surface area contributed by atoms with Crippen molar-refractivity contribution in [2.45, 2.75) is 26.2 Å². The van der Waals surface area contributed by atoms with Gasteiger partial charge >= 0.3 is 5.97 Å². The van der Waals surface area contributed by atoms with Crippen molar-refractivity contribution < 1.29 is 23.7 Å². The lowest BCUT2D eigenvalue weighted by Gasteiger charge is -2.20. The van der Waals surface area contributed by atoms with E-state index in [4.69, 9.17) is 18.9 Å². The van der Waals surface area contributed by atoms with Crippen LogP contribution in [-0.4, -0.2) is 26.0 Å². The summed E-state index contributed by atoms with van der Waals surface area (Å²) in [5, 5.41) is 0. The smallest absolute Gasteiger partial charge is 0.344 e. The maximum Gasteiger partial charge on any atom is 0.344 e. The van der Waals surface area contributed by atoms with Gasteiger partial charge < -0.3 is 18.9 Å². The van der Waals surface area contributed by atoms with E-state index in [2.05, 4.69) is 19.1 Å². The number of carbonyl (C=O) groups is 1. The first kappa shape index (κ1) is 17.1. The van der Waals surface area contributed by atoms with Gasteiger partial charge in [-0.2, -0.15) is 0 Å². The molecule has 25 heavy (non-hydrogen) atoms. The Bertz CT molecular complexity index is 726. The van der Waals surface area contributed by atoms with E-state index >= 15 is 0 Å². The molecule has 0 spiro atoms. The van der Waals surface area contributed by atoms with Crippen LogP contribution in [0.3, 0.4) is 0 Å². The SMILES string of the molecule is CCOC(=O)COc1cc2c(cc1C(CC)c1ccccc1)OCO2. The summed E-state index contributed by atoms with van der Waals surface area (Å²) in [6.07, 6.45) is 0.888. The number of carbonyl (C=O) groups excluding carboxylic acids is 1. The van der Waals surface area contributed by atoms with E-state index in [1.165, 1.54) is 5.56 Å².